The van der Waals surface area contributed by atoms with Crippen molar-refractivity contribution in [1.29, 1.82) is 0 Å². The van der Waals surface area contributed by atoms with Gasteiger partial charge in [0.05, 0.1) is 5.56 Å². The Balaban J connectivity index is 2.81. The Morgan fingerprint density at radius 1 is 1.29 bits per heavy atom. The fourth-order valence-corrected chi connectivity index (χ4v) is 1.60. The van der Waals surface area contributed by atoms with Gasteiger partial charge in [-0.2, -0.15) is 4.39 Å². The zero-order valence-corrected chi connectivity index (χ0v) is 12.9. The van der Waals surface area contributed by atoms with Gasteiger partial charge in [-0.1, -0.05) is 13.8 Å². The van der Waals surface area contributed by atoms with Gasteiger partial charge in [0.15, 0.2) is 0 Å². The van der Waals surface area contributed by atoms with Crippen molar-refractivity contribution in [3.8, 4) is 0 Å². The van der Waals surface area contributed by atoms with E-state index in [2.05, 4.69) is 10.3 Å². The monoisotopic (exact) mass is 296 g/mol. The van der Waals surface area contributed by atoms with Crippen molar-refractivity contribution in [2.75, 3.05) is 0 Å². The van der Waals surface area contributed by atoms with Gasteiger partial charge in [0.1, 0.15) is 11.6 Å². The van der Waals surface area contributed by atoms with Crippen LogP contribution in [0.1, 0.15) is 45.0 Å². The van der Waals surface area contributed by atoms with Crippen LogP contribution in [0.3, 0.4) is 0 Å². The van der Waals surface area contributed by atoms with Crippen molar-refractivity contribution < 1.29 is 18.7 Å². The molecule has 1 heterocycles. The van der Waals surface area contributed by atoms with Crippen LogP contribution in [-0.4, -0.2) is 28.5 Å². The van der Waals surface area contributed by atoms with Crippen LogP contribution in [0.2, 0.25) is 0 Å². The molecule has 0 aliphatic heterocycles. The first-order chi connectivity index (χ1) is 9.60. The highest BCUT2D eigenvalue weighted by atomic mass is 19.1. The Labute approximate surface area is 123 Å². The minimum atomic E-state index is -0.776. The molecule has 0 radical (unpaired) electrons. The number of carbonyl (C=O) groups excluding carboxylic acids is 2. The summed E-state index contributed by atoms with van der Waals surface area (Å²) in [7, 11) is 0. The van der Waals surface area contributed by atoms with Gasteiger partial charge >= 0.3 is 5.97 Å². The Morgan fingerprint density at radius 2 is 1.90 bits per heavy atom. The maximum Gasteiger partial charge on any atom is 0.329 e. The molecule has 1 aromatic rings. The van der Waals surface area contributed by atoms with Gasteiger partial charge < -0.3 is 10.1 Å². The summed E-state index contributed by atoms with van der Waals surface area (Å²) in [4.78, 5) is 27.6. The van der Waals surface area contributed by atoms with Crippen LogP contribution >= 0.6 is 0 Å². The number of carbonyl (C=O) groups is 2. The van der Waals surface area contributed by atoms with Gasteiger partial charge in [0.25, 0.3) is 5.91 Å². The van der Waals surface area contributed by atoms with Gasteiger partial charge in [0, 0.05) is 6.20 Å². The lowest BCUT2D eigenvalue weighted by Crippen LogP contribution is -2.47. The molecular weight excluding hydrogens is 275 g/mol. The number of hydrogen-bond donors (Lipinski definition) is 1. The van der Waals surface area contributed by atoms with Crippen molar-refractivity contribution in [3.63, 3.8) is 0 Å². The molecule has 0 aliphatic rings. The van der Waals surface area contributed by atoms with E-state index in [0.717, 1.165) is 12.3 Å². The number of ether oxygens (including phenoxy) is 1. The van der Waals surface area contributed by atoms with E-state index in [1.54, 1.807) is 34.6 Å². The summed E-state index contributed by atoms with van der Waals surface area (Å²) >= 11 is 0. The summed E-state index contributed by atoms with van der Waals surface area (Å²) in [6.07, 6.45) is 1.12. The van der Waals surface area contributed by atoms with E-state index in [1.165, 1.54) is 6.07 Å². The quantitative estimate of drug-likeness (QED) is 0.684. The van der Waals surface area contributed by atoms with Crippen molar-refractivity contribution >= 4 is 11.9 Å². The molecule has 6 heteroatoms. The summed E-state index contributed by atoms with van der Waals surface area (Å²) in [6, 6.07) is 1.62. The molecular formula is C15H21FN2O3. The smallest absolute Gasteiger partial charge is 0.329 e. The van der Waals surface area contributed by atoms with Crippen molar-refractivity contribution in [2.24, 2.45) is 5.92 Å². The molecule has 0 unspecified atom stereocenters. The van der Waals surface area contributed by atoms with E-state index in [9.17, 15) is 14.0 Å². The van der Waals surface area contributed by atoms with Crippen LogP contribution in [0, 0.1) is 11.9 Å². The maximum atomic E-state index is 12.7. The molecule has 0 aliphatic carbocycles. The highest BCUT2D eigenvalue weighted by molar-refractivity contribution is 5.96. The summed E-state index contributed by atoms with van der Waals surface area (Å²) in [5.74, 6) is -1.80. The van der Waals surface area contributed by atoms with Crippen LogP contribution in [0.15, 0.2) is 18.3 Å². The molecule has 0 saturated carbocycles. The van der Waals surface area contributed by atoms with Gasteiger partial charge in [-0.25, -0.2) is 9.78 Å². The van der Waals surface area contributed by atoms with Crippen LogP contribution < -0.4 is 5.32 Å². The maximum absolute atomic E-state index is 12.7. The lowest BCUT2D eigenvalue weighted by Gasteiger charge is -2.26. The third kappa shape index (κ3) is 5.49. The molecule has 21 heavy (non-hydrogen) atoms. The Morgan fingerprint density at radius 3 is 2.33 bits per heavy atom. The molecule has 0 bridgehead atoms. The molecule has 0 aromatic carbocycles. The second-order valence-electron chi connectivity index (χ2n) is 6.10. The predicted octanol–water partition coefficient (Wildman–Crippen LogP) is 2.32. The Kier molecular flexibility index (Phi) is 5.41. The average Bonchev–Trinajstić information content (AvgIpc) is 2.33. The number of nitrogens with zero attached hydrogens (tertiary/aromatic N) is 1. The molecule has 116 valence electrons. The minimum absolute atomic E-state index is 0.141. The predicted molar refractivity (Wildman–Crippen MR) is 76.1 cm³/mol. The van der Waals surface area contributed by atoms with Crippen molar-refractivity contribution in [3.05, 3.63) is 29.8 Å². The first-order valence-electron chi connectivity index (χ1n) is 6.75. The van der Waals surface area contributed by atoms with Crippen LogP contribution in [0.4, 0.5) is 4.39 Å². The van der Waals surface area contributed by atoms with Crippen LogP contribution in [0.25, 0.3) is 0 Å². The second-order valence-corrected chi connectivity index (χ2v) is 6.10. The summed E-state index contributed by atoms with van der Waals surface area (Å²) in [5.41, 5.74) is -0.447. The number of nitrogens with one attached hydrogen (secondary N) is 1. The van der Waals surface area contributed by atoms with Gasteiger partial charge in [-0.15, -0.1) is 0 Å². The molecule has 0 spiro atoms. The number of hydrogen-bond acceptors (Lipinski definition) is 4. The number of rotatable bonds is 4. The van der Waals surface area contributed by atoms with E-state index < -0.39 is 29.5 Å². The Bertz CT molecular complexity index is 507. The zero-order valence-electron chi connectivity index (χ0n) is 12.9. The number of halogens is 1. The minimum Gasteiger partial charge on any atom is -0.458 e. The third-order valence-corrected chi connectivity index (χ3v) is 2.60. The summed E-state index contributed by atoms with van der Waals surface area (Å²) in [6.45, 7) is 8.88. The summed E-state index contributed by atoms with van der Waals surface area (Å²) in [5, 5.41) is 2.60. The first kappa shape index (κ1) is 17.1. The number of amides is 1. The van der Waals surface area contributed by atoms with Crippen LogP contribution in [-0.2, 0) is 9.53 Å². The molecule has 1 amide bonds. The SMILES string of the molecule is CC(C)[C@@H](NC(=O)c1ccc(F)nc1)C(=O)OC(C)(C)C. The number of pyridine rings is 1. The molecule has 0 fully saturated rings. The van der Waals surface area contributed by atoms with E-state index in [1.807, 2.05) is 0 Å². The van der Waals surface area contributed by atoms with Gasteiger partial charge in [-0.3, -0.25) is 4.79 Å². The standard InChI is InChI=1S/C15H21FN2O3/c1-9(2)12(14(20)21-15(3,4)5)18-13(19)10-6-7-11(16)17-8-10/h6-9,12H,1-5H3,(H,18,19)/t12-/m1/s1. The van der Waals surface area contributed by atoms with Crippen LogP contribution in [0.5, 0.6) is 0 Å². The second kappa shape index (κ2) is 6.65. The number of esters is 1. The lowest BCUT2D eigenvalue weighted by atomic mass is 10.0. The normalized spacial score (nSPS) is 12.9. The molecule has 1 N–H and O–H groups in total. The van der Waals surface area contributed by atoms with E-state index in [0.29, 0.717) is 0 Å². The highest BCUT2D eigenvalue weighted by Gasteiger charge is 2.29. The van der Waals surface area contributed by atoms with E-state index in [4.69, 9.17) is 4.74 Å². The van der Waals surface area contributed by atoms with Gasteiger partial charge in [0.2, 0.25) is 5.95 Å². The van der Waals surface area contributed by atoms with Crippen molar-refractivity contribution in [1.82, 2.24) is 10.3 Å². The summed E-state index contributed by atoms with van der Waals surface area (Å²) < 4.78 is 18.0. The molecule has 1 atom stereocenters. The van der Waals surface area contributed by atoms with E-state index >= 15 is 0 Å². The Hall–Kier alpha value is -1.98. The fraction of sp³-hybridized carbons (Fsp3) is 0.533. The zero-order chi connectivity index (χ0) is 16.2. The fourth-order valence-electron chi connectivity index (χ4n) is 1.60. The highest BCUT2D eigenvalue weighted by Crippen LogP contribution is 2.13. The van der Waals surface area contributed by atoms with Gasteiger partial charge in [-0.05, 0) is 38.8 Å². The third-order valence-electron chi connectivity index (χ3n) is 2.60. The molecule has 1 aromatic heterocycles. The first-order valence-corrected chi connectivity index (χ1v) is 6.75. The topological polar surface area (TPSA) is 68.3 Å². The van der Waals surface area contributed by atoms with E-state index in [-0.39, 0.29) is 11.5 Å². The largest absolute Gasteiger partial charge is 0.458 e. The number of aromatic nitrogens is 1. The van der Waals surface area contributed by atoms with Crippen molar-refractivity contribution in [2.45, 2.75) is 46.3 Å². The molecule has 1 rings (SSSR count). The average molecular weight is 296 g/mol. The molecule has 5 nitrogen and oxygen atoms in total. The molecule has 0 saturated heterocycles. The lowest BCUT2D eigenvalue weighted by molar-refractivity contribution is -0.158.